The van der Waals surface area contributed by atoms with Crippen LogP contribution in [0.2, 0.25) is 10.0 Å². The average Bonchev–Trinajstić information content (AvgIpc) is 2.74. The van der Waals surface area contributed by atoms with E-state index in [4.69, 9.17) is 32.7 Å². The van der Waals surface area contributed by atoms with E-state index in [0.29, 0.717) is 11.8 Å². The monoisotopic (exact) mass is 503 g/mol. The van der Waals surface area contributed by atoms with Gasteiger partial charge >= 0.3 is 11.9 Å². The second-order valence-electron chi connectivity index (χ2n) is 6.31. The predicted octanol–water partition coefficient (Wildman–Crippen LogP) is 6.21. The highest BCUT2D eigenvalue weighted by Crippen LogP contribution is 2.41. The van der Waals surface area contributed by atoms with Crippen LogP contribution in [0.5, 0.6) is 11.5 Å². The molecule has 2 N–H and O–H groups in total. The van der Waals surface area contributed by atoms with Crippen LogP contribution in [-0.4, -0.2) is 29.1 Å². The van der Waals surface area contributed by atoms with Gasteiger partial charge in [-0.15, -0.1) is 0 Å². The van der Waals surface area contributed by atoms with Crippen molar-refractivity contribution < 1.29 is 27.6 Å². The number of nitrogens with one attached hydrogen (secondary N) is 2. The largest absolute Gasteiger partial charge is 0.495 e. The Labute approximate surface area is 194 Å². The molecule has 174 valence electrons. The van der Waals surface area contributed by atoms with Crippen molar-refractivity contribution in [3.63, 3.8) is 0 Å². The van der Waals surface area contributed by atoms with Gasteiger partial charge in [-0.05, 0) is 24.3 Å². The average molecular weight is 504 g/mol. The standard InChI is InChI=1S/C19H14Cl2F3N5O4/c1-32-14-7-15(33-2)13(6-12(14)21)28-18-16(29(30)31)17(25-8-26-18)27-9-3-4-11(20)10(5-9)19(22,23)24/h3-8H,1-2H3,(H2,25,26,27,28). The molecule has 0 bridgehead atoms. The number of alkyl halides is 3. The van der Waals surface area contributed by atoms with Gasteiger partial charge in [0, 0.05) is 11.8 Å². The van der Waals surface area contributed by atoms with Crippen LogP contribution in [0.15, 0.2) is 36.7 Å². The fraction of sp³-hybridized carbons (Fsp3) is 0.158. The Morgan fingerprint density at radius 2 is 1.61 bits per heavy atom. The number of hydrogen-bond donors (Lipinski definition) is 2. The Morgan fingerprint density at radius 1 is 0.970 bits per heavy atom. The summed E-state index contributed by atoms with van der Waals surface area (Å²) in [6.07, 6.45) is -3.72. The number of ether oxygens (including phenoxy) is 2. The summed E-state index contributed by atoms with van der Waals surface area (Å²) in [5.41, 5.74) is -1.64. The number of benzene rings is 2. The lowest BCUT2D eigenvalue weighted by Crippen LogP contribution is -2.08. The molecule has 0 radical (unpaired) electrons. The minimum absolute atomic E-state index is 0.121. The Kier molecular flexibility index (Phi) is 6.98. The van der Waals surface area contributed by atoms with Crippen molar-refractivity contribution >= 4 is 51.9 Å². The molecule has 0 saturated heterocycles. The van der Waals surface area contributed by atoms with E-state index < -0.39 is 27.4 Å². The molecule has 3 aromatic rings. The van der Waals surface area contributed by atoms with Crippen LogP contribution in [0.1, 0.15) is 5.56 Å². The summed E-state index contributed by atoms with van der Waals surface area (Å²) in [7, 11) is 2.77. The number of nitro groups is 1. The Morgan fingerprint density at radius 3 is 2.18 bits per heavy atom. The van der Waals surface area contributed by atoms with E-state index in [1.807, 2.05) is 0 Å². The predicted molar refractivity (Wildman–Crippen MR) is 116 cm³/mol. The van der Waals surface area contributed by atoms with Gasteiger partial charge < -0.3 is 20.1 Å². The lowest BCUT2D eigenvalue weighted by molar-refractivity contribution is -0.383. The van der Waals surface area contributed by atoms with Gasteiger partial charge in [0.1, 0.15) is 17.8 Å². The molecular weight excluding hydrogens is 490 g/mol. The molecule has 33 heavy (non-hydrogen) atoms. The number of methoxy groups -OCH3 is 2. The van der Waals surface area contributed by atoms with Crippen molar-refractivity contribution in [1.82, 2.24) is 9.97 Å². The van der Waals surface area contributed by atoms with E-state index in [1.165, 1.54) is 32.4 Å². The summed E-state index contributed by atoms with van der Waals surface area (Å²) in [5, 5.41) is 16.7. The van der Waals surface area contributed by atoms with Crippen molar-refractivity contribution in [3.8, 4) is 11.5 Å². The highest BCUT2D eigenvalue weighted by Gasteiger charge is 2.33. The van der Waals surface area contributed by atoms with Crippen LogP contribution in [0.25, 0.3) is 0 Å². The maximum atomic E-state index is 13.2. The van der Waals surface area contributed by atoms with Gasteiger partial charge in [-0.25, -0.2) is 9.97 Å². The van der Waals surface area contributed by atoms with Crippen LogP contribution >= 0.6 is 23.2 Å². The van der Waals surface area contributed by atoms with Gasteiger partial charge in [-0.2, -0.15) is 13.2 Å². The Bertz CT molecular complexity index is 1210. The van der Waals surface area contributed by atoms with Crippen LogP contribution in [0.4, 0.5) is 41.9 Å². The molecule has 9 nitrogen and oxygen atoms in total. The smallest absolute Gasteiger partial charge is 0.417 e. The second-order valence-corrected chi connectivity index (χ2v) is 7.12. The highest BCUT2D eigenvalue weighted by molar-refractivity contribution is 6.32. The first-order valence-corrected chi connectivity index (χ1v) is 9.62. The lowest BCUT2D eigenvalue weighted by Gasteiger charge is -2.15. The molecule has 0 aliphatic rings. The zero-order valence-electron chi connectivity index (χ0n) is 16.8. The number of nitrogens with zero attached hydrogens (tertiary/aromatic N) is 3. The third kappa shape index (κ3) is 5.29. The normalized spacial score (nSPS) is 11.1. The van der Waals surface area contributed by atoms with E-state index in [1.54, 1.807) is 0 Å². The Balaban J connectivity index is 2.03. The molecule has 0 aliphatic carbocycles. The van der Waals surface area contributed by atoms with Crippen molar-refractivity contribution in [3.05, 3.63) is 62.4 Å². The summed E-state index contributed by atoms with van der Waals surface area (Å²) >= 11 is 11.7. The van der Waals surface area contributed by atoms with Gasteiger partial charge in [0.15, 0.2) is 0 Å². The fourth-order valence-corrected chi connectivity index (χ4v) is 3.24. The summed E-state index contributed by atoms with van der Waals surface area (Å²) in [5.74, 6) is -0.0680. The lowest BCUT2D eigenvalue weighted by atomic mass is 10.2. The maximum absolute atomic E-state index is 13.2. The summed E-state index contributed by atoms with van der Waals surface area (Å²) in [6, 6.07) is 5.83. The second kappa shape index (κ2) is 9.55. The molecule has 1 heterocycles. The first-order valence-electron chi connectivity index (χ1n) is 8.86. The molecule has 0 amide bonds. The van der Waals surface area contributed by atoms with E-state index in [0.717, 1.165) is 12.4 Å². The maximum Gasteiger partial charge on any atom is 0.417 e. The quantitative estimate of drug-likeness (QED) is 0.289. The van der Waals surface area contributed by atoms with Gasteiger partial charge in [-0.3, -0.25) is 10.1 Å². The third-order valence-corrected chi connectivity index (χ3v) is 4.89. The molecular formula is C19H14Cl2F3N5O4. The SMILES string of the molecule is COc1cc(OC)c(Nc2ncnc(Nc3ccc(Cl)c(C(F)(F)F)c3)c2[N+](=O)[O-])cc1Cl. The molecule has 0 unspecified atom stereocenters. The van der Waals surface area contributed by atoms with E-state index in [2.05, 4.69) is 20.6 Å². The van der Waals surface area contributed by atoms with Gasteiger partial charge in [0.25, 0.3) is 0 Å². The van der Waals surface area contributed by atoms with E-state index in [9.17, 15) is 23.3 Å². The fourth-order valence-electron chi connectivity index (χ4n) is 2.78. The number of aromatic nitrogens is 2. The van der Waals surface area contributed by atoms with E-state index in [-0.39, 0.29) is 33.8 Å². The third-order valence-electron chi connectivity index (χ3n) is 4.27. The van der Waals surface area contributed by atoms with Crippen LogP contribution in [0.3, 0.4) is 0 Å². The van der Waals surface area contributed by atoms with Gasteiger partial charge in [0.05, 0.1) is 40.4 Å². The molecule has 1 aromatic heterocycles. The molecule has 0 fully saturated rings. The van der Waals surface area contributed by atoms with Crippen molar-refractivity contribution in [2.45, 2.75) is 6.18 Å². The molecule has 0 aliphatic heterocycles. The zero-order valence-corrected chi connectivity index (χ0v) is 18.3. The summed E-state index contributed by atoms with van der Waals surface area (Å²) in [4.78, 5) is 18.7. The highest BCUT2D eigenvalue weighted by atomic mass is 35.5. The summed E-state index contributed by atoms with van der Waals surface area (Å²) < 4.78 is 49.8. The van der Waals surface area contributed by atoms with Crippen LogP contribution in [-0.2, 0) is 6.18 Å². The molecule has 0 atom stereocenters. The molecule has 0 saturated carbocycles. The minimum Gasteiger partial charge on any atom is -0.495 e. The number of halogens is 5. The molecule has 14 heteroatoms. The molecule has 3 rings (SSSR count). The first kappa shape index (κ1) is 24.1. The van der Waals surface area contributed by atoms with Gasteiger partial charge in [0.2, 0.25) is 11.6 Å². The zero-order chi connectivity index (χ0) is 24.3. The Hall–Kier alpha value is -3.51. The minimum atomic E-state index is -4.72. The number of hydrogen-bond acceptors (Lipinski definition) is 8. The van der Waals surface area contributed by atoms with Crippen LogP contribution < -0.4 is 20.1 Å². The van der Waals surface area contributed by atoms with Gasteiger partial charge in [-0.1, -0.05) is 23.2 Å². The van der Waals surface area contributed by atoms with Crippen molar-refractivity contribution in [1.29, 1.82) is 0 Å². The number of rotatable bonds is 7. The molecule has 2 aromatic carbocycles. The van der Waals surface area contributed by atoms with Crippen LogP contribution in [0, 0.1) is 10.1 Å². The molecule has 0 spiro atoms. The van der Waals surface area contributed by atoms with Crippen molar-refractivity contribution in [2.75, 3.05) is 24.9 Å². The van der Waals surface area contributed by atoms with E-state index >= 15 is 0 Å². The number of anilines is 4. The first-order chi connectivity index (χ1) is 15.5. The summed E-state index contributed by atoms with van der Waals surface area (Å²) in [6.45, 7) is 0. The van der Waals surface area contributed by atoms with Crippen molar-refractivity contribution in [2.24, 2.45) is 0 Å². The topological polar surface area (TPSA) is 111 Å².